The normalized spacial score (nSPS) is 30.4. The summed E-state index contributed by atoms with van der Waals surface area (Å²) in [6.45, 7) is 1.72. The number of hydrogen-bond donors (Lipinski definition) is 5. The number of primary amides is 1. The number of carbonyl (C=O) groups is 3. The molecule has 164 valence electrons. The molecule has 0 heterocycles. The topological polar surface area (TPSA) is 161 Å². The largest absolute Gasteiger partial charge is 0.507 e. The number of aliphatic hydroxyl groups excluding tert-OH is 1. The van der Waals surface area contributed by atoms with Crippen LogP contribution < -0.4 is 5.73 Å². The molecule has 0 bridgehead atoms. The van der Waals surface area contributed by atoms with Gasteiger partial charge in [-0.1, -0.05) is 12.1 Å². The van der Waals surface area contributed by atoms with Crippen LogP contribution in [0.25, 0.3) is 10.8 Å². The number of carbonyl (C=O) groups excluding carboxylic acids is 3. The number of nitrogens with zero attached hydrogens (tertiary/aromatic N) is 1. The van der Waals surface area contributed by atoms with Crippen LogP contribution in [0.4, 0.5) is 0 Å². The number of rotatable bonds is 2. The highest BCUT2D eigenvalue weighted by atomic mass is 16.3. The average Bonchev–Trinajstić information content (AvgIpc) is 2.68. The van der Waals surface area contributed by atoms with E-state index in [0.717, 1.165) is 0 Å². The number of fused-ring (bicyclic) bond motifs is 3. The molecule has 0 aliphatic heterocycles. The SMILES string of the molecule is Cc1c2c(c(O)c3c(O)cccc13)C(=O)[C@@]1(O)C(=O)[C@@H](C(N)=O)[C@@H](O)[C@@H](N(C)C)[C@H]1C2. The molecule has 1 fully saturated rings. The number of phenols is 2. The van der Waals surface area contributed by atoms with Gasteiger partial charge < -0.3 is 31.1 Å². The van der Waals surface area contributed by atoms with Crippen molar-refractivity contribution in [3.05, 3.63) is 34.9 Å². The van der Waals surface area contributed by atoms with Gasteiger partial charge in [0.25, 0.3) is 0 Å². The molecule has 31 heavy (non-hydrogen) atoms. The minimum Gasteiger partial charge on any atom is -0.507 e. The van der Waals surface area contributed by atoms with E-state index in [2.05, 4.69) is 0 Å². The zero-order valence-electron chi connectivity index (χ0n) is 17.3. The summed E-state index contributed by atoms with van der Waals surface area (Å²) < 4.78 is 0. The first-order valence-electron chi connectivity index (χ1n) is 9.85. The van der Waals surface area contributed by atoms with E-state index in [-0.39, 0.29) is 23.1 Å². The maximum absolute atomic E-state index is 13.6. The third kappa shape index (κ3) is 2.57. The monoisotopic (exact) mass is 428 g/mol. The number of aromatic hydroxyl groups is 2. The third-order valence-electron chi connectivity index (χ3n) is 6.87. The second-order valence-corrected chi connectivity index (χ2v) is 8.62. The van der Waals surface area contributed by atoms with E-state index in [0.29, 0.717) is 16.5 Å². The summed E-state index contributed by atoms with van der Waals surface area (Å²) >= 11 is 0. The summed E-state index contributed by atoms with van der Waals surface area (Å²) in [5.74, 6) is -7.05. The Morgan fingerprint density at radius 2 is 1.87 bits per heavy atom. The van der Waals surface area contributed by atoms with Crippen molar-refractivity contribution in [1.82, 2.24) is 4.90 Å². The predicted molar refractivity (Wildman–Crippen MR) is 110 cm³/mol. The van der Waals surface area contributed by atoms with Gasteiger partial charge in [0.2, 0.25) is 11.7 Å². The number of likely N-dealkylation sites (N-methyl/N-ethyl adjacent to an activating group) is 1. The van der Waals surface area contributed by atoms with Gasteiger partial charge in [-0.05, 0) is 50.0 Å². The molecule has 0 saturated heterocycles. The van der Waals surface area contributed by atoms with E-state index in [4.69, 9.17) is 5.73 Å². The van der Waals surface area contributed by atoms with E-state index in [1.54, 1.807) is 38.1 Å². The van der Waals surface area contributed by atoms with Crippen molar-refractivity contribution in [3.8, 4) is 11.5 Å². The van der Waals surface area contributed by atoms with Gasteiger partial charge in [0.05, 0.1) is 17.1 Å². The van der Waals surface area contributed by atoms with Gasteiger partial charge >= 0.3 is 0 Å². The molecule has 0 unspecified atom stereocenters. The second-order valence-electron chi connectivity index (χ2n) is 8.62. The lowest BCUT2D eigenvalue weighted by atomic mass is 9.57. The molecule has 1 amide bonds. The molecule has 2 aromatic carbocycles. The zero-order valence-corrected chi connectivity index (χ0v) is 17.3. The molecule has 9 heteroatoms. The van der Waals surface area contributed by atoms with E-state index < -0.39 is 52.8 Å². The number of ketones is 2. The molecule has 5 atom stereocenters. The fourth-order valence-corrected chi connectivity index (χ4v) is 5.40. The van der Waals surface area contributed by atoms with Crippen molar-refractivity contribution >= 4 is 28.2 Å². The van der Waals surface area contributed by atoms with Gasteiger partial charge in [-0.15, -0.1) is 0 Å². The highest BCUT2D eigenvalue weighted by Crippen LogP contribution is 2.50. The Kier molecular flexibility index (Phi) is 4.62. The Bertz CT molecular complexity index is 1160. The van der Waals surface area contributed by atoms with Gasteiger partial charge in [0.15, 0.2) is 11.4 Å². The quantitative estimate of drug-likeness (QED) is 0.405. The Morgan fingerprint density at radius 1 is 1.23 bits per heavy atom. The van der Waals surface area contributed by atoms with Crippen LogP contribution in [0.1, 0.15) is 21.5 Å². The molecule has 4 rings (SSSR count). The molecule has 0 spiro atoms. The molecule has 9 nitrogen and oxygen atoms in total. The third-order valence-corrected chi connectivity index (χ3v) is 6.87. The Labute approximate surface area is 177 Å². The Morgan fingerprint density at radius 3 is 2.45 bits per heavy atom. The fourth-order valence-electron chi connectivity index (χ4n) is 5.40. The highest BCUT2D eigenvalue weighted by Gasteiger charge is 2.66. The van der Waals surface area contributed by atoms with Crippen molar-refractivity contribution in [2.45, 2.75) is 31.1 Å². The van der Waals surface area contributed by atoms with Gasteiger partial charge in [-0.2, -0.15) is 0 Å². The second kappa shape index (κ2) is 6.74. The first kappa shape index (κ1) is 21.2. The van der Waals surface area contributed by atoms with Crippen LogP contribution in [0.3, 0.4) is 0 Å². The first-order valence-corrected chi connectivity index (χ1v) is 9.85. The van der Waals surface area contributed by atoms with Crippen LogP contribution >= 0.6 is 0 Å². The summed E-state index contributed by atoms with van der Waals surface area (Å²) in [5, 5.41) is 44.0. The minimum atomic E-state index is -2.66. The Balaban J connectivity index is 2.05. The Hall–Kier alpha value is -3.01. The van der Waals surface area contributed by atoms with Crippen LogP contribution in [0.15, 0.2) is 18.2 Å². The molecule has 0 radical (unpaired) electrons. The van der Waals surface area contributed by atoms with Crippen molar-refractivity contribution in [2.75, 3.05) is 14.1 Å². The number of aliphatic hydroxyl groups is 2. The van der Waals surface area contributed by atoms with Gasteiger partial charge in [0, 0.05) is 12.0 Å². The van der Waals surface area contributed by atoms with Crippen LogP contribution in [-0.2, 0) is 16.0 Å². The molecule has 0 aromatic heterocycles. The zero-order chi connectivity index (χ0) is 23.0. The summed E-state index contributed by atoms with van der Waals surface area (Å²) in [5.41, 5.74) is 3.42. The van der Waals surface area contributed by atoms with Crippen LogP contribution in [0, 0.1) is 18.8 Å². The van der Waals surface area contributed by atoms with Gasteiger partial charge in [-0.3, -0.25) is 14.4 Å². The highest BCUT2D eigenvalue weighted by molar-refractivity contribution is 6.26. The van der Waals surface area contributed by atoms with E-state index in [1.807, 2.05) is 0 Å². The number of phenolic OH excluding ortho intramolecular Hbond substituents is 2. The van der Waals surface area contributed by atoms with Crippen LogP contribution in [0.5, 0.6) is 11.5 Å². The number of hydrogen-bond acceptors (Lipinski definition) is 8. The lowest BCUT2D eigenvalue weighted by molar-refractivity contribution is -0.169. The first-order chi connectivity index (χ1) is 14.4. The number of benzene rings is 2. The van der Waals surface area contributed by atoms with E-state index >= 15 is 0 Å². The average molecular weight is 428 g/mol. The van der Waals surface area contributed by atoms with Crippen LogP contribution in [0.2, 0.25) is 0 Å². The fraction of sp³-hybridized carbons (Fsp3) is 0.409. The van der Waals surface area contributed by atoms with E-state index in [1.165, 1.54) is 6.07 Å². The number of aryl methyl sites for hydroxylation is 1. The smallest absolute Gasteiger partial charge is 0.230 e. The lowest BCUT2D eigenvalue weighted by Gasteiger charge is -2.51. The maximum atomic E-state index is 13.6. The molecule has 2 aromatic rings. The van der Waals surface area contributed by atoms with Gasteiger partial charge in [-0.25, -0.2) is 0 Å². The molecular weight excluding hydrogens is 404 g/mol. The summed E-state index contributed by atoms with van der Waals surface area (Å²) in [4.78, 5) is 40.3. The lowest BCUT2D eigenvalue weighted by Crippen LogP contribution is -2.72. The van der Waals surface area contributed by atoms with Crippen molar-refractivity contribution in [3.63, 3.8) is 0 Å². The predicted octanol–water partition coefficient (Wildman–Crippen LogP) is -0.379. The maximum Gasteiger partial charge on any atom is 0.230 e. The molecular formula is C22H24N2O7. The van der Waals surface area contributed by atoms with Crippen molar-refractivity contribution in [2.24, 2.45) is 17.6 Å². The molecule has 1 saturated carbocycles. The van der Waals surface area contributed by atoms with E-state index in [9.17, 15) is 34.8 Å². The minimum absolute atomic E-state index is 0.0142. The van der Waals surface area contributed by atoms with Crippen molar-refractivity contribution in [1.29, 1.82) is 0 Å². The molecule has 2 aliphatic carbocycles. The van der Waals surface area contributed by atoms with Crippen molar-refractivity contribution < 1.29 is 34.8 Å². The standard InChI is InChI=1S/C22H24N2O7/c1-8-9-5-4-6-12(25)13(9)17(26)14-10(8)7-11-16(24(2)3)18(27)15(21(23)30)20(29)22(11,31)19(14)28/h4-6,11,15-16,18,25-27,31H,7H2,1-3H3,(H2,23,30)/t11-,15+,16+,18-,22-/m1/s1. The van der Waals surface area contributed by atoms with Gasteiger partial charge in [0.1, 0.15) is 17.4 Å². The number of nitrogens with two attached hydrogens (primary N) is 1. The number of Topliss-reactive ketones (excluding diaryl/α,β-unsaturated/α-hetero) is 2. The summed E-state index contributed by atoms with van der Waals surface area (Å²) in [7, 11) is 3.20. The molecule has 2 aliphatic rings. The number of amides is 1. The summed E-state index contributed by atoms with van der Waals surface area (Å²) in [6, 6.07) is 3.71. The van der Waals surface area contributed by atoms with Crippen LogP contribution in [-0.4, -0.2) is 74.6 Å². The summed E-state index contributed by atoms with van der Waals surface area (Å²) in [6.07, 6.45) is -1.53. The molecule has 6 N–H and O–H groups in total.